The highest BCUT2D eigenvalue weighted by atomic mass is 35.5. The number of amides is 1. The van der Waals surface area contributed by atoms with Gasteiger partial charge in [-0.25, -0.2) is 9.78 Å². The quantitative estimate of drug-likeness (QED) is 0.652. The molecule has 6 heteroatoms. The van der Waals surface area contributed by atoms with Crippen LogP contribution in [-0.2, 0) is 9.59 Å². The van der Waals surface area contributed by atoms with Crippen molar-refractivity contribution in [2.24, 2.45) is 0 Å². The van der Waals surface area contributed by atoms with Crippen LogP contribution in [0.25, 0.3) is 0 Å². The number of anilines is 1. The Morgan fingerprint density at radius 3 is 2.44 bits per heavy atom. The Hall–Kier alpha value is -1.88. The average Bonchev–Trinajstić information content (AvgIpc) is 2.31. The van der Waals surface area contributed by atoms with Crippen LogP contribution in [0.4, 0.5) is 5.69 Å². The first-order valence-electron chi connectivity index (χ1n) is 5.17. The van der Waals surface area contributed by atoms with Crippen molar-refractivity contribution in [1.29, 1.82) is 0 Å². The average molecular weight is 269 g/mol. The monoisotopic (exact) mass is 268 g/mol. The minimum atomic E-state index is -1.13. The maximum atomic E-state index is 11.8. The number of nitrogens with one attached hydrogen (secondary N) is 1. The summed E-state index contributed by atoms with van der Waals surface area (Å²) in [5.74, 6) is -1.63. The van der Waals surface area contributed by atoms with Gasteiger partial charge in [-0.1, -0.05) is 11.6 Å². The third kappa shape index (κ3) is 3.07. The minimum Gasteiger partial charge on any atom is -0.478 e. The number of pyridine rings is 1. The lowest BCUT2D eigenvalue weighted by atomic mass is 10.1. The number of aliphatic carboxylic acids is 1. The number of aromatic nitrogens is 1. The molecule has 0 aliphatic rings. The molecule has 0 fully saturated rings. The molecule has 96 valence electrons. The van der Waals surface area contributed by atoms with E-state index < -0.39 is 11.9 Å². The number of carbonyl (C=O) groups is 2. The Balaban J connectivity index is 3.03. The molecular formula is C12H13ClN2O3. The second-order valence-electron chi connectivity index (χ2n) is 3.80. The molecule has 0 spiro atoms. The van der Waals surface area contributed by atoms with E-state index in [2.05, 4.69) is 10.3 Å². The molecule has 0 aromatic carbocycles. The molecule has 1 aromatic rings. The molecule has 0 aliphatic heterocycles. The van der Waals surface area contributed by atoms with Gasteiger partial charge in [0.15, 0.2) is 5.15 Å². The zero-order valence-corrected chi connectivity index (χ0v) is 11.0. The number of nitrogens with zero attached hydrogens (tertiary/aromatic N) is 1. The van der Waals surface area contributed by atoms with Crippen LogP contribution in [-0.4, -0.2) is 22.0 Å². The van der Waals surface area contributed by atoms with Crippen LogP contribution >= 0.6 is 11.6 Å². The fourth-order valence-corrected chi connectivity index (χ4v) is 1.47. The van der Waals surface area contributed by atoms with Crippen LogP contribution in [0.2, 0.25) is 5.15 Å². The molecule has 0 atom stereocenters. The topological polar surface area (TPSA) is 79.3 Å². The summed E-state index contributed by atoms with van der Waals surface area (Å²) in [7, 11) is 0. The fourth-order valence-electron chi connectivity index (χ4n) is 1.21. The smallest absolute Gasteiger partial charge is 0.331 e. The fraction of sp³-hybridized carbons (Fsp3) is 0.250. The van der Waals surface area contributed by atoms with Crippen LogP contribution in [0.1, 0.15) is 19.4 Å². The molecule has 1 amide bonds. The van der Waals surface area contributed by atoms with E-state index in [1.165, 1.54) is 20.0 Å². The highest BCUT2D eigenvalue weighted by Gasteiger charge is 2.15. The molecule has 5 nitrogen and oxygen atoms in total. The summed E-state index contributed by atoms with van der Waals surface area (Å²) in [5, 5.41) is 11.5. The summed E-state index contributed by atoms with van der Waals surface area (Å²) >= 11 is 5.86. The molecule has 1 heterocycles. The maximum Gasteiger partial charge on any atom is 0.331 e. The molecule has 0 radical (unpaired) electrons. The Labute approximate surface area is 109 Å². The summed E-state index contributed by atoms with van der Waals surface area (Å²) in [6.07, 6.45) is 1.53. The molecule has 18 heavy (non-hydrogen) atoms. The molecule has 2 N–H and O–H groups in total. The van der Waals surface area contributed by atoms with E-state index in [-0.39, 0.29) is 16.3 Å². The van der Waals surface area contributed by atoms with Crippen LogP contribution in [0.15, 0.2) is 23.4 Å². The van der Waals surface area contributed by atoms with E-state index in [4.69, 9.17) is 16.7 Å². The molecule has 1 aromatic heterocycles. The molecule has 0 saturated carbocycles. The lowest BCUT2D eigenvalue weighted by Gasteiger charge is -2.10. The lowest BCUT2D eigenvalue weighted by molar-refractivity contribution is -0.133. The second kappa shape index (κ2) is 5.64. The standard InChI is InChI=1S/C12H13ClN2O3/c1-6-4-5-14-10(13)9(6)15-11(16)7(2)8(3)12(17)18/h4-5H,1-3H3,(H,15,16)(H,17,18). The van der Waals surface area contributed by atoms with Crippen molar-refractivity contribution in [3.05, 3.63) is 34.1 Å². The number of aryl methyl sites for hydroxylation is 1. The van der Waals surface area contributed by atoms with Gasteiger partial charge in [-0.05, 0) is 32.4 Å². The number of carbonyl (C=O) groups excluding carboxylic acids is 1. The Morgan fingerprint density at radius 1 is 1.33 bits per heavy atom. The van der Waals surface area contributed by atoms with Crippen LogP contribution in [0.3, 0.4) is 0 Å². The van der Waals surface area contributed by atoms with Gasteiger partial charge in [0, 0.05) is 17.3 Å². The molecule has 0 bridgehead atoms. The second-order valence-corrected chi connectivity index (χ2v) is 4.16. The van der Waals surface area contributed by atoms with Crippen molar-refractivity contribution in [1.82, 2.24) is 4.98 Å². The highest BCUT2D eigenvalue weighted by Crippen LogP contribution is 2.23. The summed E-state index contributed by atoms with van der Waals surface area (Å²) < 4.78 is 0. The van der Waals surface area contributed by atoms with Crippen LogP contribution in [0.5, 0.6) is 0 Å². The third-order valence-corrected chi connectivity index (χ3v) is 2.86. The van der Waals surface area contributed by atoms with Crippen molar-refractivity contribution in [3.8, 4) is 0 Å². The van der Waals surface area contributed by atoms with E-state index in [0.29, 0.717) is 5.69 Å². The van der Waals surface area contributed by atoms with Gasteiger partial charge in [-0.15, -0.1) is 0 Å². The van der Waals surface area contributed by atoms with E-state index in [1.807, 2.05) is 0 Å². The van der Waals surface area contributed by atoms with Crippen LogP contribution < -0.4 is 5.32 Å². The van der Waals surface area contributed by atoms with E-state index in [0.717, 1.165) is 5.56 Å². The molecule has 1 rings (SSSR count). The number of carboxylic acids is 1. The van der Waals surface area contributed by atoms with Gasteiger partial charge in [-0.2, -0.15) is 0 Å². The minimum absolute atomic E-state index is 0.00911. The van der Waals surface area contributed by atoms with Gasteiger partial charge in [-0.3, -0.25) is 4.79 Å². The summed E-state index contributed by atoms with van der Waals surface area (Å²) in [4.78, 5) is 26.4. The number of hydrogen-bond donors (Lipinski definition) is 2. The largest absolute Gasteiger partial charge is 0.478 e. The molecular weight excluding hydrogens is 256 g/mol. The number of hydrogen-bond acceptors (Lipinski definition) is 3. The number of rotatable bonds is 3. The number of carboxylic acid groups (broad SMARTS) is 1. The SMILES string of the molecule is CC(C(=O)O)=C(C)C(=O)Nc1c(C)ccnc1Cl. The predicted octanol–water partition coefficient (Wildman–Crippen LogP) is 2.40. The van der Waals surface area contributed by atoms with Gasteiger partial charge in [0.05, 0.1) is 5.69 Å². The molecule has 0 aliphatic carbocycles. The van der Waals surface area contributed by atoms with Gasteiger partial charge in [0.25, 0.3) is 5.91 Å². The summed E-state index contributed by atoms with van der Waals surface area (Å²) in [6.45, 7) is 4.58. The Morgan fingerprint density at radius 2 is 1.94 bits per heavy atom. The van der Waals surface area contributed by atoms with Crippen molar-refractivity contribution in [3.63, 3.8) is 0 Å². The zero-order valence-electron chi connectivity index (χ0n) is 10.2. The number of halogens is 1. The van der Waals surface area contributed by atoms with E-state index in [9.17, 15) is 9.59 Å². The Kier molecular flexibility index (Phi) is 4.44. The van der Waals surface area contributed by atoms with Crippen molar-refractivity contribution in [2.45, 2.75) is 20.8 Å². The predicted molar refractivity (Wildman–Crippen MR) is 68.6 cm³/mol. The van der Waals surface area contributed by atoms with E-state index in [1.54, 1.807) is 13.0 Å². The highest BCUT2D eigenvalue weighted by molar-refractivity contribution is 6.32. The van der Waals surface area contributed by atoms with Gasteiger partial charge in [0.2, 0.25) is 0 Å². The van der Waals surface area contributed by atoms with Gasteiger partial charge in [0.1, 0.15) is 0 Å². The Bertz CT molecular complexity index is 518. The summed E-state index contributed by atoms with van der Waals surface area (Å²) in [5.41, 5.74) is 1.26. The van der Waals surface area contributed by atoms with E-state index >= 15 is 0 Å². The maximum absolute atomic E-state index is 11.8. The van der Waals surface area contributed by atoms with Crippen LogP contribution in [0, 0.1) is 6.92 Å². The van der Waals surface area contributed by atoms with Crippen molar-refractivity contribution in [2.75, 3.05) is 5.32 Å². The first-order chi connectivity index (χ1) is 8.34. The zero-order chi connectivity index (χ0) is 13.9. The molecule has 0 saturated heterocycles. The van der Waals surface area contributed by atoms with Crippen molar-refractivity contribution >= 4 is 29.2 Å². The lowest BCUT2D eigenvalue weighted by Crippen LogP contribution is -2.17. The van der Waals surface area contributed by atoms with Gasteiger partial charge < -0.3 is 10.4 Å². The first-order valence-corrected chi connectivity index (χ1v) is 5.55. The normalized spacial score (nSPS) is 11.8. The third-order valence-electron chi connectivity index (χ3n) is 2.58. The first kappa shape index (κ1) is 14.2. The summed E-state index contributed by atoms with van der Waals surface area (Å²) in [6, 6.07) is 1.70. The van der Waals surface area contributed by atoms with Crippen molar-refractivity contribution < 1.29 is 14.7 Å². The van der Waals surface area contributed by atoms with Gasteiger partial charge >= 0.3 is 5.97 Å². The molecule has 0 unspecified atom stereocenters.